The van der Waals surface area contributed by atoms with Crippen LogP contribution in [0.15, 0.2) is 54.7 Å². The Bertz CT molecular complexity index is 1470. The summed E-state index contributed by atoms with van der Waals surface area (Å²) < 4.78 is 1.84. The molecule has 5 aromatic rings. The molecule has 2 aromatic carbocycles. The first-order valence-electron chi connectivity index (χ1n) is 10.6. The number of rotatable bonds is 6. The number of nitrogens with zero attached hydrogens (tertiary/aromatic N) is 6. The lowest BCUT2D eigenvalue weighted by atomic mass is 10.0. The highest BCUT2D eigenvalue weighted by Gasteiger charge is 2.17. The Hall–Kier alpha value is -4.80. The number of aromatic amines is 1. The van der Waals surface area contributed by atoms with Gasteiger partial charge in [0.15, 0.2) is 0 Å². The number of hydrogen-bond acceptors (Lipinski definition) is 8. The number of aryl methyl sites for hydroxylation is 1. The van der Waals surface area contributed by atoms with Crippen molar-refractivity contribution in [2.75, 3.05) is 23.0 Å². The minimum Gasteiger partial charge on any atom is -0.357 e. The third kappa shape index (κ3) is 4.13. The second kappa shape index (κ2) is 8.62. The summed E-state index contributed by atoms with van der Waals surface area (Å²) in [7, 11) is 1.76. The van der Waals surface area contributed by atoms with Crippen LogP contribution in [0.5, 0.6) is 0 Å². The molecule has 0 saturated heterocycles. The smallest absolute Gasteiger partial charge is 0.242 e. The zero-order chi connectivity index (χ0) is 23.7. The summed E-state index contributed by atoms with van der Waals surface area (Å²) in [6.07, 6.45) is 1.66. The Labute approximate surface area is 194 Å². The van der Waals surface area contributed by atoms with Crippen molar-refractivity contribution < 1.29 is 4.79 Å². The Balaban J connectivity index is 1.61. The summed E-state index contributed by atoms with van der Waals surface area (Å²) in [5, 5.41) is 15.9. The van der Waals surface area contributed by atoms with E-state index in [4.69, 9.17) is 4.98 Å². The van der Waals surface area contributed by atoms with Crippen LogP contribution in [0.4, 0.5) is 23.4 Å². The molecule has 170 valence electrons. The molecule has 0 aliphatic carbocycles. The van der Waals surface area contributed by atoms with Crippen LogP contribution in [0.1, 0.15) is 12.7 Å². The SMILES string of the molecule is CNc1nc(C)nc(-n2c(Nc3ccn[nH]3)nc3cc(-c4ccc(NC(C)=O)cc4)ccc32)n1. The molecule has 0 fully saturated rings. The number of H-pyrrole nitrogens is 1. The minimum absolute atomic E-state index is 0.105. The largest absolute Gasteiger partial charge is 0.357 e. The van der Waals surface area contributed by atoms with E-state index in [1.807, 2.05) is 60.0 Å². The average Bonchev–Trinajstić information content (AvgIpc) is 3.45. The number of imidazole rings is 1. The number of anilines is 4. The van der Waals surface area contributed by atoms with E-state index in [2.05, 4.69) is 41.1 Å². The molecule has 3 heterocycles. The number of aromatic nitrogens is 7. The van der Waals surface area contributed by atoms with Crippen molar-refractivity contribution in [2.45, 2.75) is 13.8 Å². The lowest BCUT2D eigenvalue weighted by Gasteiger charge is -2.10. The summed E-state index contributed by atoms with van der Waals surface area (Å²) in [5.41, 5.74) is 4.32. The molecule has 0 aliphatic heterocycles. The highest BCUT2D eigenvalue weighted by atomic mass is 16.1. The zero-order valence-corrected chi connectivity index (χ0v) is 18.8. The van der Waals surface area contributed by atoms with Crippen LogP contribution in [0.25, 0.3) is 28.1 Å². The maximum Gasteiger partial charge on any atom is 0.242 e. The first kappa shape index (κ1) is 21.1. The molecule has 34 heavy (non-hydrogen) atoms. The van der Waals surface area contributed by atoms with Crippen LogP contribution in [-0.4, -0.2) is 47.7 Å². The van der Waals surface area contributed by atoms with Crippen molar-refractivity contribution in [2.24, 2.45) is 0 Å². The fourth-order valence-corrected chi connectivity index (χ4v) is 3.62. The first-order valence-corrected chi connectivity index (χ1v) is 10.6. The van der Waals surface area contributed by atoms with Crippen molar-refractivity contribution >= 4 is 40.3 Å². The number of benzene rings is 2. The second-order valence-corrected chi connectivity index (χ2v) is 7.58. The zero-order valence-electron chi connectivity index (χ0n) is 18.8. The van der Waals surface area contributed by atoms with E-state index in [-0.39, 0.29) is 5.91 Å². The molecule has 0 aliphatic rings. The van der Waals surface area contributed by atoms with Crippen LogP contribution < -0.4 is 16.0 Å². The second-order valence-electron chi connectivity index (χ2n) is 7.58. The van der Waals surface area contributed by atoms with E-state index >= 15 is 0 Å². The van der Waals surface area contributed by atoms with E-state index in [0.29, 0.717) is 29.5 Å². The molecule has 0 spiro atoms. The third-order valence-electron chi connectivity index (χ3n) is 5.10. The van der Waals surface area contributed by atoms with Gasteiger partial charge in [0.2, 0.25) is 23.8 Å². The quantitative estimate of drug-likeness (QED) is 0.305. The van der Waals surface area contributed by atoms with Gasteiger partial charge in [-0.05, 0) is 42.3 Å². The maximum absolute atomic E-state index is 11.3. The van der Waals surface area contributed by atoms with Gasteiger partial charge in [-0.15, -0.1) is 0 Å². The molecular formula is C23H22N10O. The fourth-order valence-electron chi connectivity index (χ4n) is 3.62. The standard InChI is InChI=1S/C23H22N10O/c1-13-26-21(24-3)31-22(27-13)33-19-9-6-16(15-4-7-17(8-5-15)28-14(2)34)12-18(19)29-23(33)30-20-10-11-25-32-20/h4-12H,1-3H3,(H,28,34)(H,24,26,27,31)(H2,25,29,30,32). The van der Waals surface area contributed by atoms with Crippen LogP contribution in [-0.2, 0) is 4.79 Å². The van der Waals surface area contributed by atoms with Crippen molar-refractivity contribution in [1.29, 1.82) is 0 Å². The van der Waals surface area contributed by atoms with Crippen molar-refractivity contribution in [3.8, 4) is 17.1 Å². The van der Waals surface area contributed by atoms with Gasteiger partial charge in [0.05, 0.1) is 17.2 Å². The molecule has 0 atom stereocenters. The Morgan fingerprint density at radius 1 is 0.971 bits per heavy atom. The molecule has 4 N–H and O–H groups in total. The lowest BCUT2D eigenvalue weighted by molar-refractivity contribution is -0.114. The Morgan fingerprint density at radius 2 is 1.76 bits per heavy atom. The average molecular weight is 454 g/mol. The number of carbonyl (C=O) groups excluding carboxylic acids is 1. The highest BCUT2D eigenvalue weighted by molar-refractivity contribution is 5.89. The monoisotopic (exact) mass is 454 g/mol. The van der Waals surface area contributed by atoms with E-state index in [9.17, 15) is 4.79 Å². The molecular weight excluding hydrogens is 432 g/mol. The van der Waals surface area contributed by atoms with E-state index in [1.54, 1.807) is 13.2 Å². The maximum atomic E-state index is 11.3. The molecule has 3 aromatic heterocycles. The van der Waals surface area contributed by atoms with Gasteiger partial charge in [0, 0.05) is 25.7 Å². The van der Waals surface area contributed by atoms with Gasteiger partial charge in [0.1, 0.15) is 11.6 Å². The van der Waals surface area contributed by atoms with Gasteiger partial charge in [-0.1, -0.05) is 18.2 Å². The van der Waals surface area contributed by atoms with Crippen molar-refractivity contribution in [1.82, 2.24) is 34.7 Å². The molecule has 0 radical (unpaired) electrons. The summed E-state index contributed by atoms with van der Waals surface area (Å²) >= 11 is 0. The van der Waals surface area contributed by atoms with Crippen molar-refractivity contribution in [3.63, 3.8) is 0 Å². The van der Waals surface area contributed by atoms with Gasteiger partial charge in [-0.3, -0.25) is 9.89 Å². The van der Waals surface area contributed by atoms with Crippen molar-refractivity contribution in [3.05, 3.63) is 60.6 Å². The van der Waals surface area contributed by atoms with Crippen LogP contribution in [0, 0.1) is 6.92 Å². The number of amides is 1. The Morgan fingerprint density at radius 3 is 2.47 bits per heavy atom. The van der Waals surface area contributed by atoms with E-state index < -0.39 is 0 Å². The summed E-state index contributed by atoms with van der Waals surface area (Å²) in [5.74, 6) is 2.60. The van der Waals surface area contributed by atoms with Gasteiger partial charge in [-0.2, -0.15) is 20.1 Å². The fraction of sp³-hybridized carbons (Fsp3) is 0.130. The molecule has 11 nitrogen and oxygen atoms in total. The number of carbonyl (C=O) groups is 1. The molecule has 1 amide bonds. The normalized spacial score (nSPS) is 10.9. The first-order chi connectivity index (χ1) is 16.5. The number of nitrogens with one attached hydrogen (secondary N) is 4. The number of hydrogen-bond donors (Lipinski definition) is 4. The third-order valence-corrected chi connectivity index (χ3v) is 5.10. The number of fused-ring (bicyclic) bond motifs is 1. The highest BCUT2D eigenvalue weighted by Crippen LogP contribution is 2.30. The van der Waals surface area contributed by atoms with E-state index in [1.165, 1.54) is 6.92 Å². The molecule has 0 bridgehead atoms. The summed E-state index contributed by atoms with van der Waals surface area (Å²) in [6, 6.07) is 15.5. The van der Waals surface area contributed by atoms with Crippen LogP contribution in [0.3, 0.4) is 0 Å². The Kier molecular flexibility index (Phi) is 5.34. The molecule has 0 saturated carbocycles. The molecule has 5 rings (SSSR count). The van der Waals surface area contributed by atoms with Gasteiger partial charge >= 0.3 is 0 Å². The summed E-state index contributed by atoms with van der Waals surface area (Å²) in [6.45, 7) is 3.30. The molecule has 0 unspecified atom stereocenters. The topological polar surface area (TPSA) is 138 Å². The van der Waals surface area contributed by atoms with Gasteiger partial charge < -0.3 is 16.0 Å². The minimum atomic E-state index is -0.105. The molecule has 11 heteroatoms. The predicted octanol–water partition coefficient (Wildman–Crippen LogP) is 3.65. The lowest BCUT2D eigenvalue weighted by Crippen LogP contribution is -2.10. The predicted molar refractivity (Wildman–Crippen MR) is 130 cm³/mol. The van der Waals surface area contributed by atoms with Crippen LogP contribution >= 0.6 is 0 Å². The van der Waals surface area contributed by atoms with Crippen LogP contribution in [0.2, 0.25) is 0 Å². The van der Waals surface area contributed by atoms with Gasteiger partial charge in [-0.25, -0.2) is 9.55 Å². The van der Waals surface area contributed by atoms with Gasteiger partial charge in [0.25, 0.3) is 0 Å². The van der Waals surface area contributed by atoms with E-state index in [0.717, 1.165) is 27.8 Å². The summed E-state index contributed by atoms with van der Waals surface area (Å²) in [4.78, 5) is 29.5.